The second-order valence-corrected chi connectivity index (χ2v) is 8.61. The number of ether oxygens (including phenoxy) is 1. The van der Waals surface area contributed by atoms with E-state index in [-0.39, 0.29) is 0 Å². The van der Waals surface area contributed by atoms with Crippen LogP contribution < -0.4 is 0 Å². The van der Waals surface area contributed by atoms with E-state index in [1.807, 2.05) is 0 Å². The van der Waals surface area contributed by atoms with Gasteiger partial charge in [0.2, 0.25) is 0 Å². The van der Waals surface area contributed by atoms with Crippen molar-refractivity contribution in [2.45, 2.75) is 90.6 Å². The first-order chi connectivity index (χ1) is 12.3. The predicted molar refractivity (Wildman–Crippen MR) is 107 cm³/mol. The third-order valence-electron chi connectivity index (χ3n) is 6.78. The Morgan fingerprint density at radius 1 is 0.760 bits per heavy atom. The van der Waals surface area contributed by atoms with Crippen LogP contribution in [0.3, 0.4) is 0 Å². The van der Waals surface area contributed by atoms with Crippen LogP contribution >= 0.6 is 0 Å². The Morgan fingerprint density at radius 3 is 1.92 bits per heavy atom. The molecule has 140 valence electrons. The van der Waals surface area contributed by atoms with E-state index < -0.39 is 0 Å². The van der Waals surface area contributed by atoms with Crippen molar-refractivity contribution in [3.8, 4) is 0 Å². The first-order valence-corrected chi connectivity index (χ1v) is 11.0. The van der Waals surface area contributed by atoms with Crippen LogP contribution in [0.5, 0.6) is 0 Å². The molecule has 1 aromatic rings. The highest BCUT2D eigenvalue weighted by molar-refractivity contribution is 5.24. The molecule has 0 aromatic heterocycles. The van der Waals surface area contributed by atoms with Crippen molar-refractivity contribution < 1.29 is 4.74 Å². The molecule has 0 bridgehead atoms. The summed E-state index contributed by atoms with van der Waals surface area (Å²) in [7, 11) is 0. The number of hydrogen-bond donors (Lipinski definition) is 0. The van der Waals surface area contributed by atoms with Crippen molar-refractivity contribution in [1.29, 1.82) is 0 Å². The monoisotopic (exact) mass is 342 g/mol. The number of rotatable bonds is 7. The molecular formula is C24H38O. The van der Waals surface area contributed by atoms with Gasteiger partial charge in [-0.3, -0.25) is 0 Å². The van der Waals surface area contributed by atoms with E-state index >= 15 is 0 Å². The molecule has 25 heavy (non-hydrogen) atoms. The summed E-state index contributed by atoms with van der Waals surface area (Å²) in [5.41, 5.74) is 2.80. The summed E-state index contributed by atoms with van der Waals surface area (Å²) in [6, 6.07) is 9.08. The summed E-state index contributed by atoms with van der Waals surface area (Å²) < 4.78 is 6.24. The summed E-state index contributed by atoms with van der Waals surface area (Å²) in [6.07, 6.45) is 15.7. The van der Waals surface area contributed by atoms with Gasteiger partial charge in [-0.05, 0) is 54.6 Å². The highest BCUT2D eigenvalue weighted by atomic mass is 16.5. The molecule has 2 unspecified atom stereocenters. The molecule has 1 saturated heterocycles. The quantitative estimate of drug-likeness (QED) is 0.513. The van der Waals surface area contributed by atoms with Gasteiger partial charge < -0.3 is 4.74 Å². The van der Waals surface area contributed by atoms with Crippen LogP contribution in [0.2, 0.25) is 0 Å². The number of benzene rings is 1. The van der Waals surface area contributed by atoms with Crippen molar-refractivity contribution in [2.75, 3.05) is 6.61 Å². The molecule has 1 aliphatic heterocycles. The third kappa shape index (κ3) is 5.58. The van der Waals surface area contributed by atoms with E-state index in [1.54, 1.807) is 0 Å². The van der Waals surface area contributed by atoms with E-state index in [4.69, 9.17) is 4.74 Å². The van der Waals surface area contributed by atoms with Crippen LogP contribution in [0.1, 0.15) is 95.3 Å². The Labute approximate surface area is 155 Å². The highest BCUT2D eigenvalue weighted by Gasteiger charge is 2.25. The van der Waals surface area contributed by atoms with E-state index in [0.29, 0.717) is 6.10 Å². The van der Waals surface area contributed by atoms with Gasteiger partial charge in [-0.15, -0.1) is 0 Å². The molecule has 0 spiro atoms. The van der Waals surface area contributed by atoms with Gasteiger partial charge in [0.25, 0.3) is 0 Å². The molecule has 2 fully saturated rings. The maximum atomic E-state index is 6.24. The molecule has 1 aromatic carbocycles. The van der Waals surface area contributed by atoms with Crippen molar-refractivity contribution in [2.24, 2.45) is 17.8 Å². The van der Waals surface area contributed by atoms with Crippen molar-refractivity contribution in [3.63, 3.8) is 0 Å². The summed E-state index contributed by atoms with van der Waals surface area (Å²) in [4.78, 5) is 0. The third-order valence-corrected chi connectivity index (χ3v) is 6.78. The lowest BCUT2D eigenvalue weighted by molar-refractivity contribution is -0.0212. The lowest BCUT2D eigenvalue weighted by Crippen LogP contribution is -2.22. The molecule has 1 heteroatoms. The second kappa shape index (κ2) is 9.76. The summed E-state index contributed by atoms with van der Waals surface area (Å²) in [5.74, 6) is 2.85. The van der Waals surface area contributed by atoms with E-state index in [2.05, 4.69) is 38.1 Å². The smallest absolute Gasteiger partial charge is 0.0825 e. The molecule has 2 aliphatic rings. The van der Waals surface area contributed by atoms with Crippen molar-refractivity contribution >= 4 is 0 Å². The fraction of sp³-hybridized carbons (Fsp3) is 0.750. The molecule has 2 atom stereocenters. The molecule has 3 rings (SSSR count). The van der Waals surface area contributed by atoms with Gasteiger partial charge in [0.05, 0.1) is 12.7 Å². The van der Waals surface area contributed by atoms with Gasteiger partial charge in [0, 0.05) is 0 Å². The molecule has 0 N–H and O–H groups in total. The molecule has 0 amide bonds. The Bertz CT molecular complexity index is 475. The van der Waals surface area contributed by atoms with E-state index in [9.17, 15) is 0 Å². The lowest BCUT2D eigenvalue weighted by Gasteiger charge is -2.32. The molecule has 1 heterocycles. The van der Waals surface area contributed by atoms with Gasteiger partial charge in [0.15, 0.2) is 0 Å². The summed E-state index contributed by atoms with van der Waals surface area (Å²) >= 11 is 0. The Hall–Kier alpha value is -0.820. The minimum atomic E-state index is 0.339. The maximum Gasteiger partial charge on any atom is 0.0825 e. The SMILES string of the molecule is CCCC1CCC(CCC2CCC(c3ccc(CC)cc3)OC2)CC1. The Balaban J connectivity index is 1.35. The second-order valence-electron chi connectivity index (χ2n) is 8.61. The largest absolute Gasteiger partial charge is 0.373 e. The summed E-state index contributed by atoms with van der Waals surface area (Å²) in [6.45, 7) is 5.53. The first-order valence-electron chi connectivity index (χ1n) is 11.0. The van der Waals surface area contributed by atoms with Gasteiger partial charge >= 0.3 is 0 Å². The average Bonchev–Trinajstić information content (AvgIpc) is 2.68. The minimum absolute atomic E-state index is 0.339. The zero-order chi connectivity index (χ0) is 17.5. The van der Waals surface area contributed by atoms with Gasteiger partial charge in [-0.2, -0.15) is 0 Å². The number of hydrogen-bond acceptors (Lipinski definition) is 1. The molecule has 1 aliphatic carbocycles. The zero-order valence-electron chi connectivity index (χ0n) is 16.5. The Morgan fingerprint density at radius 2 is 1.36 bits per heavy atom. The van der Waals surface area contributed by atoms with Crippen LogP contribution in [-0.2, 0) is 11.2 Å². The molecule has 1 nitrogen and oxygen atoms in total. The number of aryl methyl sites for hydroxylation is 1. The van der Waals surface area contributed by atoms with Crippen LogP contribution in [-0.4, -0.2) is 6.61 Å². The van der Waals surface area contributed by atoms with Crippen LogP contribution in [0.15, 0.2) is 24.3 Å². The zero-order valence-corrected chi connectivity index (χ0v) is 16.5. The van der Waals surface area contributed by atoms with Crippen molar-refractivity contribution in [3.05, 3.63) is 35.4 Å². The van der Waals surface area contributed by atoms with Crippen molar-refractivity contribution in [1.82, 2.24) is 0 Å². The van der Waals surface area contributed by atoms with Gasteiger partial charge in [0.1, 0.15) is 0 Å². The first kappa shape index (κ1) is 19.0. The van der Waals surface area contributed by atoms with Gasteiger partial charge in [-0.25, -0.2) is 0 Å². The summed E-state index contributed by atoms with van der Waals surface area (Å²) in [5, 5.41) is 0. The topological polar surface area (TPSA) is 9.23 Å². The average molecular weight is 343 g/mol. The molecule has 0 radical (unpaired) electrons. The normalized spacial score (nSPS) is 30.3. The Kier molecular flexibility index (Phi) is 7.40. The molecule has 1 saturated carbocycles. The fourth-order valence-electron chi connectivity index (χ4n) is 4.95. The van der Waals surface area contributed by atoms with Crippen LogP contribution in [0, 0.1) is 17.8 Å². The standard InChI is InChI=1S/C24H38O/c1-3-5-20-6-8-21(9-7-20)10-11-22-14-17-24(25-18-22)23-15-12-19(4-2)13-16-23/h12-13,15-16,20-22,24H,3-11,14,17-18H2,1-2H3. The minimum Gasteiger partial charge on any atom is -0.373 e. The van der Waals surface area contributed by atoms with E-state index in [0.717, 1.165) is 30.8 Å². The van der Waals surface area contributed by atoms with E-state index in [1.165, 1.54) is 75.3 Å². The lowest BCUT2D eigenvalue weighted by atomic mass is 9.77. The highest BCUT2D eigenvalue weighted by Crippen LogP contribution is 2.37. The molecular weight excluding hydrogens is 304 g/mol. The van der Waals surface area contributed by atoms with Crippen LogP contribution in [0.25, 0.3) is 0 Å². The predicted octanol–water partition coefficient (Wildman–Crippen LogP) is 7.10. The van der Waals surface area contributed by atoms with Gasteiger partial charge in [-0.1, -0.05) is 83.1 Å². The van der Waals surface area contributed by atoms with Crippen LogP contribution in [0.4, 0.5) is 0 Å². The maximum absolute atomic E-state index is 6.24. The fourth-order valence-corrected chi connectivity index (χ4v) is 4.95.